The summed E-state index contributed by atoms with van der Waals surface area (Å²) in [5.41, 5.74) is 3.48. The third-order valence-corrected chi connectivity index (χ3v) is 2.58. The Morgan fingerprint density at radius 2 is 2.14 bits per heavy atom. The molecule has 2 aromatic rings. The van der Waals surface area contributed by atoms with Gasteiger partial charge in [0.15, 0.2) is 0 Å². The first-order valence-corrected chi connectivity index (χ1v) is 4.53. The molecule has 0 saturated carbocycles. The van der Waals surface area contributed by atoms with Crippen LogP contribution < -0.4 is 4.90 Å². The average molecular weight is 188 g/mol. The number of aryl methyl sites for hydroxylation is 2. The second-order valence-corrected chi connectivity index (χ2v) is 3.38. The molecule has 4 nitrogen and oxygen atoms in total. The Hall–Kier alpha value is -1.84. The highest BCUT2D eigenvalue weighted by Gasteiger charge is 2.26. The second-order valence-electron chi connectivity index (χ2n) is 3.38. The Labute approximate surface area is 80.3 Å². The van der Waals surface area contributed by atoms with Gasteiger partial charge in [-0.2, -0.15) is 0 Å². The molecule has 1 aliphatic carbocycles. The van der Waals surface area contributed by atoms with E-state index in [1.165, 1.54) is 5.56 Å². The monoisotopic (exact) mass is 188 g/mol. The van der Waals surface area contributed by atoms with Crippen LogP contribution in [0.1, 0.15) is 11.3 Å². The first-order chi connectivity index (χ1) is 6.86. The molecule has 0 atom stereocenters. The Morgan fingerprint density at radius 3 is 3.07 bits per heavy atom. The van der Waals surface area contributed by atoms with Gasteiger partial charge in [0.1, 0.15) is 0 Å². The van der Waals surface area contributed by atoms with Crippen LogP contribution in [0.4, 0.5) is 0 Å². The van der Waals surface area contributed by atoms with Crippen LogP contribution in [0.5, 0.6) is 0 Å². The Kier molecular flexibility index (Phi) is 1.39. The third-order valence-electron chi connectivity index (χ3n) is 2.58. The van der Waals surface area contributed by atoms with E-state index < -0.39 is 0 Å². The van der Waals surface area contributed by atoms with E-state index in [1.54, 1.807) is 0 Å². The summed E-state index contributed by atoms with van der Waals surface area (Å²) in [4.78, 5) is 0.493. The lowest BCUT2D eigenvalue weighted by Gasteiger charge is -2.10. The first kappa shape index (κ1) is 7.55. The molecule has 0 unspecified atom stereocenters. The minimum atomic E-state index is 0.493. The van der Waals surface area contributed by atoms with Gasteiger partial charge in [-0.1, -0.05) is 24.3 Å². The summed E-state index contributed by atoms with van der Waals surface area (Å²) in [5, 5.41) is 15.0. The number of hydrogen-bond donors (Lipinski definition) is 0. The van der Waals surface area contributed by atoms with Crippen molar-refractivity contribution in [2.75, 3.05) is 0 Å². The maximum Gasteiger partial charge on any atom is 0.229 e. The van der Waals surface area contributed by atoms with Crippen LogP contribution in [-0.2, 0) is 12.8 Å². The topological polar surface area (TPSA) is 53.0 Å². The zero-order valence-electron chi connectivity index (χ0n) is 7.43. The maximum absolute atomic E-state index is 11.3. The number of fused-ring (bicyclic) bond motifs is 3. The van der Waals surface area contributed by atoms with Crippen molar-refractivity contribution in [1.82, 2.24) is 5.16 Å². The molecule has 0 radical (unpaired) electrons. The fourth-order valence-corrected chi connectivity index (χ4v) is 1.92. The van der Waals surface area contributed by atoms with Crippen molar-refractivity contribution in [3.05, 3.63) is 40.7 Å². The molecule has 4 heteroatoms. The van der Waals surface area contributed by atoms with Crippen molar-refractivity contribution in [1.29, 1.82) is 0 Å². The smallest absolute Gasteiger partial charge is 0.229 e. The molecule has 0 N–H and O–H groups in total. The lowest BCUT2D eigenvalue weighted by molar-refractivity contribution is -0.793. The molecule has 70 valence electrons. The minimum Gasteiger partial charge on any atom is -0.359 e. The van der Waals surface area contributed by atoms with Crippen LogP contribution >= 0.6 is 0 Å². The Morgan fingerprint density at radius 1 is 1.29 bits per heavy atom. The molecule has 0 bridgehead atoms. The van der Waals surface area contributed by atoms with Crippen LogP contribution in [0.15, 0.2) is 28.9 Å². The van der Waals surface area contributed by atoms with Crippen LogP contribution in [0, 0.1) is 5.21 Å². The van der Waals surface area contributed by atoms with Gasteiger partial charge in [-0.3, -0.25) is 4.63 Å². The summed E-state index contributed by atoms with van der Waals surface area (Å²) in [6, 6.07) is 7.86. The van der Waals surface area contributed by atoms with E-state index in [1.807, 2.05) is 24.3 Å². The van der Waals surface area contributed by atoms with Gasteiger partial charge in [0.2, 0.25) is 11.4 Å². The van der Waals surface area contributed by atoms with Gasteiger partial charge in [-0.15, -0.1) is 0 Å². The van der Waals surface area contributed by atoms with Gasteiger partial charge in [-0.05, 0) is 16.9 Å². The van der Waals surface area contributed by atoms with Gasteiger partial charge in [0.05, 0.1) is 0 Å². The summed E-state index contributed by atoms with van der Waals surface area (Å²) in [6.07, 6.45) is 1.71. The highest BCUT2D eigenvalue weighted by molar-refractivity contribution is 5.65. The van der Waals surface area contributed by atoms with Gasteiger partial charge in [0, 0.05) is 17.1 Å². The molecule has 14 heavy (non-hydrogen) atoms. The number of benzene rings is 1. The predicted molar refractivity (Wildman–Crippen MR) is 48.3 cm³/mol. The zero-order valence-corrected chi connectivity index (χ0v) is 7.43. The SMILES string of the molecule is [O-][n+]1onc2c1-c1ccccc1CC2. The summed E-state index contributed by atoms with van der Waals surface area (Å²) in [5.74, 6) is 0. The molecule has 0 amide bonds. The molecule has 1 aromatic heterocycles. The molecular formula is C10H8N2O2. The highest BCUT2D eigenvalue weighted by Crippen LogP contribution is 2.29. The van der Waals surface area contributed by atoms with E-state index in [0.29, 0.717) is 10.6 Å². The standard InChI is InChI=1S/C10H8N2O2/c13-12-10-8-4-2-1-3-7(8)5-6-9(10)11-14-12/h1-4H,5-6H2. The fourth-order valence-electron chi connectivity index (χ4n) is 1.92. The normalized spacial score (nSPS) is 13.4. The Bertz CT molecular complexity index is 491. The molecular weight excluding hydrogens is 180 g/mol. The molecule has 0 aliphatic heterocycles. The van der Waals surface area contributed by atoms with Crippen molar-refractivity contribution < 1.29 is 9.53 Å². The average Bonchev–Trinajstić information content (AvgIpc) is 2.61. The summed E-state index contributed by atoms with van der Waals surface area (Å²) in [7, 11) is 0. The van der Waals surface area contributed by atoms with E-state index in [4.69, 9.17) is 0 Å². The highest BCUT2D eigenvalue weighted by atomic mass is 16.8. The van der Waals surface area contributed by atoms with Crippen LogP contribution in [-0.4, -0.2) is 5.16 Å². The van der Waals surface area contributed by atoms with Gasteiger partial charge in [-0.25, -0.2) is 0 Å². The summed E-state index contributed by atoms with van der Waals surface area (Å²) in [6.45, 7) is 0. The van der Waals surface area contributed by atoms with Crippen LogP contribution in [0.25, 0.3) is 11.3 Å². The van der Waals surface area contributed by atoms with Crippen LogP contribution in [0.2, 0.25) is 0 Å². The van der Waals surface area contributed by atoms with E-state index in [-0.39, 0.29) is 0 Å². The van der Waals surface area contributed by atoms with Crippen molar-refractivity contribution in [3.63, 3.8) is 0 Å². The predicted octanol–water partition coefficient (Wildman–Crippen LogP) is 1.07. The van der Waals surface area contributed by atoms with E-state index in [2.05, 4.69) is 9.79 Å². The largest absolute Gasteiger partial charge is 0.359 e. The summed E-state index contributed by atoms with van der Waals surface area (Å²) >= 11 is 0. The van der Waals surface area contributed by atoms with Crippen molar-refractivity contribution in [2.45, 2.75) is 12.8 Å². The van der Waals surface area contributed by atoms with Gasteiger partial charge < -0.3 is 5.21 Å². The van der Waals surface area contributed by atoms with Crippen LogP contribution in [0.3, 0.4) is 0 Å². The van der Waals surface area contributed by atoms with Crippen molar-refractivity contribution >= 4 is 0 Å². The van der Waals surface area contributed by atoms with Crippen molar-refractivity contribution in [3.8, 4) is 11.3 Å². The second kappa shape index (κ2) is 2.57. The number of nitrogens with zero attached hydrogens (tertiary/aromatic N) is 2. The molecule has 0 saturated heterocycles. The third kappa shape index (κ3) is 0.878. The molecule has 0 fully saturated rings. The zero-order chi connectivity index (χ0) is 9.54. The fraction of sp³-hybridized carbons (Fsp3) is 0.200. The van der Waals surface area contributed by atoms with E-state index >= 15 is 0 Å². The number of rotatable bonds is 0. The lowest BCUT2D eigenvalue weighted by atomic mass is 9.92. The molecule has 3 rings (SSSR count). The lowest BCUT2D eigenvalue weighted by Crippen LogP contribution is -2.27. The van der Waals surface area contributed by atoms with E-state index in [9.17, 15) is 5.21 Å². The van der Waals surface area contributed by atoms with Gasteiger partial charge >= 0.3 is 0 Å². The maximum atomic E-state index is 11.3. The quantitative estimate of drug-likeness (QED) is 0.581. The van der Waals surface area contributed by atoms with Crippen molar-refractivity contribution in [2.24, 2.45) is 0 Å². The molecule has 1 aliphatic rings. The molecule has 1 heterocycles. The number of aromatic nitrogens is 2. The Balaban J connectivity index is 2.32. The van der Waals surface area contributed by atoms with E-state index in [0.717, 1.165) is 24.1 Å². The minimum absolute atomic E-state index is 0.493. The molecule has 1 aromatic carbocycles. The summed E-state index contributed by atoms with van der Waals surface area (Å²) < 4.78 is 4.59. The first-order valence-electron chi connectivity index (χ1n) is 4.53. The van der Waals surface area contributed by atoms with Gasteiger partial charge in [0.25, 0.3) is 0 Å². The molecule has 0 spiro atoms. The number of hydrogen-bond acceptors (Lipinski definition) is 3.